The van der Waals surface area contributed by atoms with Gasteiger partial charge in [-0.25, -0.2) is 4.79 Å². The Morgan fingerprint density at radius 1 is 1.30 bits per heavy atom. The van der Waals surface area contributed by atoms with Crippen molar-refractivity contribution in [3.8, 4) is 0 Å². The Morgan fingerprint density at radius 2 is 1.97 bits per heavy atom. The van der Waals surface area contributed by atoms with Gasteiger partial charge in [0.25, 0.3) is 5.56 Å². The lowest BCUT2D eigenvalue weighted by Gasteiger charge is -2.30. The molecule has 1 aliphatic carbocycles. The van der Waals surface area contributed by atoms with Crippen LogP contribution in [0.25, 0.3) is 0 Å². The first kappa shape index (κ1) is 25.6. The quantitative estimate of drug-likeness (QED) is 0.414. The van der Waals surface area contributed by atoms with Gasteiger partial charge in [-0.2, -0.15) is 0 Å². The molecular weight excluding hydrogens is 458 g/mol. The predicted molar refractivity (Wildman–Crippen MR) is 113 cm³/mol. The van der Waals surface area contributed by atoms with E-state index in [-0.39, 0.29) is 18.7 Å². The lowest BCUT2D eigenvalue weighted by Crippen LogP contribution is -2.38. The number of aromatic amines is 1. The van der Waals surface area contributed by atoms with Gasteiger partial charge < -0.3 is 28.1 Å². The summed E-state index contributed by atoms with van der Waals surface area (Å²) in [6.45, 7) is -0.253. The van der Waals surface area contributed by atoms with Gasteiger partial charge in [0.2, 0.25) is 0 Å². The second kappa shape index (κ2) is 10.3. The molecule has 0 aliphatic heterocycles. The number of aromatic nitrogens is 2. The summed E-state index contributed by atoms with van der Waals surface area (Å²) in [5, 5.41) is 0. The molecule has 0 radical (unpaired) electrons. The van der Waals surface area contributed by atoms with E-state index in [9.17, 15) is 23.9 Å². The standard InChI is InChI=1S/C16H28N2O9P2S/c1-10(2)26-29(23,30)27-14-11(6-8-28(21,22)25-4)9-12(15(14)24-3)18-7-5-13(19)17-16(18)20/h5,7,10-12,14-15H,6,8-9H2,1-4H3,(H,21,22)(H,23,30)(H,17,19,20)/t11-,12+,14+,15-,29?/m0/s1. The maximum Gasteiger partial charge on any atom is 0.328 e. The minimum Gasteiger partial charge on any atom is -0.377 e. The van der Waals surface area contributed by atoms with Gasteiger partial charge in [-0.1, -0.05) is 0 Å². The fourth-order valence-corrected chi connectivity index (χ4v) is 6.45. The summed E-state index contributed by atoms with van der Waals surface area (Å²) in [5.41, 5.74) is -1.16. The molecule has 6 atom stereocenters. The number of methoxy groups -OCH3 is 1. The Bertz CT molecular complexity index is 934. The highest BCUT2D eigenvalue weighted by Gasteiger charge is 2.48. The minimum atomic E-state index is -3.79. The largest absolute Gasteiger partial charge is 0.377 e. The van der Waals surface area contributed by atoms with E-state index in [2.05, 4.69) is 9.51 Å². The van der Waals surface area contributed by atoms with Gasteiger partial charge >= 0.3 is 20.0 Å². The van der Waals surface area contributed by atoms with Crippen LogP contribution in [0.15, 0.2) is 21.9 Å². The first-order chi connectivity index (χ1) is 13.9. The molecule has 1 fully saturated rings. The van der Waals surface area contributed by atoms with Gasteiger partial charge in [-0.3, -0.25) is 18.9 Å². The highest BCUT2D eigenvalue weighted by molar-refractivity contribution is 8.07. The highest BCUT2D eigenvalue weighted by atomic mass is 32.5. The predicted octanol–water partition coefficient (Wildman–Crippen LogP) is 1.36. The van der Waals surface area contributed by atoms with Crippen LogP contribution in [-0.4, -0.2) is 58.0 Å². The van der Waals surface area contributed by atoms with E-state index in [4.69, 9.17) is 25.6 Å². The molecule has 0 aromatic carbocycles. The molecule has 1 saturated carbocycles. The van der Waals surface area contributed by atoms with Gasteiger partial charge in [0.1, 0.15) is 6.10 Å². The second-order valence-electron chi connectivity index (χ2n) is 7.31. The van der Waals surface area contributed by atoms with Crippen LogP contribution >= 0.6 is 14.3 Å². The normalized spacial score (nSPS) is 28.4. The van der Waals surface area contributed by atoms with Crippen molar-refractivity contribution in [1.29, 1.82) is 0 Å². The molecule has 1 aromatic heterocycles. The Labute approximate surface area is 179 Å². The second-order valence-corrected chi connectivity index (χ2v) is 12.1. The first-order valence-electron chi connectivity index (χ1n) is 9.30. The molecule has 1 aliphatic rings. The van der Waals surface area contributed by atoms with E-state index in [1.54, 1.807) is 13.8 Å². The third-order valence-corrected chi connectivity index (χ3v) is 7.97. The maximum absolute atomic E-state index is 12.3. The molecule has 0 spiro atoms. The molecule has 11 nitrogen and oxygen atoms in total. The molecule has 3 N–H and O–H groups in total. The fraction of sp³-hybridized carbons (Fsp3) is 0.750. The summed E-state index contributed by atoms with van der Waals surface area (Å²) in [7, 11) is -1.22. The number of hydrogen-bond acceptors (Lipinski definition) is 8. The van der Waals surface area contributed by atoms with Crippen LogP contribution in [0.1, 0.15) is 32.7 Å². The van der Waals surface area contributed by atoms with Crippen molar-refractivity contribution in [2.45, 2.75) is 51.0 Å². The van der Waals surface area contributed by atoms with Crippen LogP contribution in [0.3, 0.4) is 0 Å². The zero-order valence-electron chi connectivity index (χ0n) is 17.2. The van der Waals surface area contributed by atoms with E-state index < -0.39 is 49.7 Å². The fourth-order valence-electron chi connectivity index (χ4n) is 3.61. The molecule has 2 rings (SSSR count). The minimum absolute atomic E-state index is 0.156. The number of H-pyrrole nitrogens is 1. The molecule has 0 saturated heterocycles. The molecule has 172 valence electrons. The average Bonchev–Trinajstić information content (AvgIpc) is 2.95. The summed E-state index contributed by atoms with van der Waals surface area (Å²) in [6.07, 6.45) is -0.228. The van der Waals surface area contributed by atoms with Crippen molar-refractivity contribution in [1.82, 2.24) is 9.55 Å². The van der Waals surface area contributed by atoms with Crippen LogP contribution < -0.4 is 11.2 Å². The van der Waals surface area contributed by atoms with Gasteiger partial charge in [0, 0.05) is 26.5 Å². The zero-order chi connectivity index (χ0) is 22.7. The summed E-state index contributed by atoms with van der Waals surface area (Å²) < 4.78 is 34.6. The molecule has 2 unspecified atom stereocenters. The Balaban J connectivity index is 2.38. The summed E-state index contributed by atoms with van der Waals surface area (Å²) in [4.78, 5) is 46.2. The van der Waals surface area contributed by atoms with Crippen LogP contribution in [0.4, 0.5) is 0 Å². The van der Waals surface area contributed by atoms with Gasteiger partial charge in [0.15, 0.2) is 0 Å². The van der Waals surface area contributed by atoms with E-state index in [0.29, 0.717) is 6.42 Å². The lowest BCUT2D eigenvalue weighted by atomic mass is 10.0. The molecule has 30 heavy (non-hydrogen) atoms. The monoisotopic (exact) mass is 486 g/mol. The summed E-state index contributed by atoms with van der Waals surface area (Å²) >= 11 is 5.11. The van der Waals surface area contributed by atoms with Crippen molar-refractivity contribution in [2.75, 3.05) is 20.4 Å². The van der Waals surface area contributed by atoms with E-state index >= 15 is 0 Å². The third-order valence-electron chi connectivity index (χ3n) is 4.86. The summed E-state index contributed by atoms with van der Waals surface area (Å²) in [6, 6.07) is 0.645. The molecule has 1 heterocycles. The maximum atomic E-state index is 12.3. The van der Waals surface area contributed by atoms with Gasteiger partial charge in [-0.15, -0.1) is 0 Å². The SMILES string of the molecule is CO[C@@H]1[C@H](OP(O)(=S)OC(C)C)[C@@H](CCP(=O)(O)OC)C[C@H]1n1ccc(=O)[nH]c1=O. The zero-order valence-corrected chi connectivity index (χ0v) is 19.8. The van der Waals surface area contributed by atoms with Crippen molar-refractivity contribution < 1.29 is 32.7 Å². The molecule has 14 heteroatoms. The van der Waals surface area contributed by atoms with Crippen molar-refractivity contribution in [2.24, 2.45) is 5.92 Å². The molecular formula is C16H28N2O9P2S. The van der Waals surface area contributed by atoms with Crippen LogP contribution in [0, 0.1) is 5.92 Å². The topological polar surface area (TPSA) is 149 Å². The molecule has 0 bridgehead atoms. The number of nitrogens with zero attached hydrogens (tertiary/aromatic N) is 1. The Hall–Kier alpha value is -0.680. The van der Waals surface area contributed by atoms with Crippen molar-refractivity contribution >= 4 is 26.1 Å². The number of rotatable bonds is 10. The highest BCUT2D eigenvalue weighted by Crippen LogP contribution is 2.53. The van der Waals surface area contributed by atoms with Gasteiger partial charge in [-0.05, 0) is 44.4 Å². The number of ether oxygens (including phenoxy) is 1. The van der Waals surface area contributed by atoms with Gasteiger partial charge in [0.05, 0.1) is 24.4 Å². The third kappa shape index (κ3) is 6.66. The number of hydrogen-bond donors (Lipinski definition) is 3. The molecule has 1 aromatic rings. The van der Waals surface area contributed by atoms with Crippen molar-refractivity contribution in [3.05, 3.63) is 33.1 Å². The number of nitrogens with one attached hydrogen (secondary N) is 1. The first-order valence-corrected chi connectivity index (χ1v) is 13.7. The van der Waals surface area contributed by atoms with Crippen molar-refractivity contribution in [3.63, 3.8) is 0 Å². The van der Waals surface area contributed by atoms with E-state index in [1.807, 2.05) is 0 Å². The van der Waals surface area contributed by atoms with E-state index in [0.717, 1.165) is 7.11 Å². The van der Waals surface area contributed by atoms with E-state index in [1.165, 1.54) is 23.9 Å². The summed E-state index contributed by atoms with van der Waals surface area (Å²) in [5.74, 6) is -0.403. The van der Waals surface area contributed by atoms with Crippen LogP contribution in [-0.2, 0) is 34.7 Å². The van der Waals surface area contributed by atoms with Crippen LogP contribution in [0.2, 0.25) is 0 Å². The molecule has 0 amide bonds. The average molecular weight is 486 g/mol. The lowest BCUT2D eigenvalue weighted by molar-refractivity contribution is -0.0211. The Morgan fingerprint density at radius 3 is 2.50 bits per heavy atom. The van der Waals surface area contributed by atoms with Crippen LogP contribution in [0.5, 0.6) is 0 Å². The smallest absolute Gasteiger partial charge is 0.328 e. The Kier molecular flexibility index (Phi) is 8.77.